The van der Waals surface area contributed by atoms with Gasteiger partial charge in [-0.2, -0.15) is 0 Å². The molecule has 1 aromatic rings. The van der Waals surface area contributed by atoms with Crippen molar-refractivity contribution in [2.75, 3.05) is 0 Å². The summed E-state index contributed by atoms with van der Waals surface area (Å²) in [6, 6.07) is 4.87. The standard InChI is InChI=1S/C9H7O4/c1-5-4-6(8(10)11)2-3-7(5)9(12)13/h2,4H,1H3,(H,10,11)(H,12,13). The molecule has 0 saturated carbocycles. The molecule has 0 saturated heterocycles. The number of hydrogen-bond donors (Lipinski definition) is 2. The van der Waals surface area contributed by atoms with Crippen molar-refractivity contribution in [2.24, 2.45) is 0 Å². The summed E-state index contributed by atoms with van der Waals surface area (Å²) >= 11 is 0. The maximum atomic E-state index is 10.5. The van der Waals surface area contributed by atoms with Crippen LogP contribution in [0.3, 0.4) is 0 Å². The Bertz CT molecular complexity index is 368. The smallest absolute Gasteiger partial charge is 0.336 e. The van der Waals surface area contributed by atoms with Crippen LogP contribution in [-0.2, 0) is 0 Å². The molecule has 0 spiro atoms. The van der Waals surface area contributed by atoms with Gasteiger partial charge in [0.15, 0.2) is 0 Å². The van der Waals surface area contributed by atoms with Gasteiger partial charge in [-0.25, -0.2) is 9.59 Å². The lowest BCUT2D eigenvalue weighted by Gasteiger charge is -2.00. The average Bonchev–Trinajstić information content (AvgIpc) is 2.03. The fourth-order valence-electron chi connectivity index (χ4n) is 0.965. The number of hydrogen-bond acceptors (Lipinski definition) is 2. The summed E-state index contributed by atoms with van der Waals surface area (Å²) in [6.07, 6.45) is 0. The van der Waals surface area contributed by atoms with Crippen LogP contribution in [0.5, 0.6) is 0 Å². The van der Waals surface area contributed by atoms with Crippen molar-refractivity contribution in [1.82, 2.24) is 0 Å². The van der Waals surface area contributed by atoms with Gasteiger partial charge in [-0.3, -0.25) is 0 Å². The van der Waals surface area contributed by atoms with E-state index >= 15 is 0 Å². The van der Waals surface area contributed by atoms with Crippen molar-refractivity contribution < 1.29 is 19.8 Å². The minimum absolute atomic E-state index is 0.00463. The lowest BCUT2D eigenvalue weighted by molar-refractivity contribution is 0.0680. The average molecular weight is 179 g/mol. The minimum atomic E-state index is -1.10. The molecule has 0 fully saturated rings. The number of aryl methyl sites for hydroxylation is 1. The van der Waals surface area contributed by atoms with Crippen molar-refractivity contribution in [3.8, 4) is 0 Å². The number of rotatable bonds is 2. The maximum absolute atomic E-state index is 10.5. The second-order valence-electron chi connectivity index (χ2n) is 2.56. The second-order valence-corrected chi connectivity index (χ2v) is 2.56. The molecule has 0 aliphatic heterocycles. The summed E-state index contributed by atoms with van der Waals surface area (Å²) in [4.78, 5) is 21.0. The molecule has 4 nitrogen and oxygen atoms in total. The van der Waals surface area contributed by atoms with Crippen LogP contribution < -0.4 is 0 Å². The Hall–Kier alpha value is -1.84. The molecule has 13 heavy (non-hydrogen) atoms. The summed E-state index contributed by atoms with van der Waals surface area (Å²) in [6.45, 7) is 1.53. The van der Waals surface area contributed by atoms with Crippen molar-refractivity contribution in [1.29, 1.82) is 0 Å². The Morgan fingerprint density at radius 2 is 1.92 bits per heavy atom. The zero-order valence-electron chi connectivity index (χ0n) is 6.87. The molecule has 2 N–H and O–H groups in total. The third kappa shape index (κ3) is 1.84. The van der Waals surface area contributed by atoms with Crippen molar-refractivity contribution >= 4 is 11.9 Å². The van der Waals surface area contributed by atoms with Crippen LogP contribution in [0.1, 0.15) is 26.3 Å². The van der Waals surface area contributed by atoms with Crippen molar-refractivity contribution in [3.05, 3.63) is 34.9 Å². The summed E-state index contributed by atoms with van der Waals surface area (Å²) in [7, 11) is 0. The third-order valence-corrected chi connectivity index (χ3v) is 1.60. The summed E-state index contributed by atoms with van der Waals surface area (Å²) in [5.41, 5.74) is 0.444. The first-order chi connectivity index (χ1) is 6.02. The highest BCUT2D eigenvalue weighted by atomic mass is 16.4. The fraction of sp³-hybridized carbons (Fsp3) is 0.111. The van der Waals surface area contributed by atoms with Gasteiger partial charge in [-0.05, 0) is 30.7 Å². The maximum Gasteiger partial charge on any atom is 0.336 e. The zero-order chi connectivity index (χ0) is 10.0. The Labute approximate surface area is 74.4 Å². The molecule has 1 radical (unpaired) electrons. The monoisotopic (exact) mass is 179 g/mol. The first-order valence-electron chi connectivity index (χ1n) is 3.51. The molecule has 0 heterocycles. The molecule has 0 amide bonds. The number of aromatic carboxylic acids is 2. The zero-order valence-corrected chi connectivity index (χ0v) is 6.87. The molecule has 4 heteroatoms. The van der Waals surface area contributed by atoms with Crippen LogP contribution in [0, 0.1) is 13.0 Å². The topological polar surface area (TPSA) is 74.6 Å². The molecule has 0 bridgehead atoms. The van der Waals surface area contributed by atoms with Gasteiger partial charge in [0, 0.05) is 0 Å². The van der Waals surface area contributed by atoms with Gasteiger partial charge in [0.2, 0.25) is 0 Å². The van der Waals surface area contributed by atoms with Crippen LogP contribution in [0.4, 0.5) is 0 Å². The highest BCUT2D eigenvalue weighted by molar-refractivity contribution is 5.92. The van der Waals surface area contributed by atoms with E-state index in [9.17, 15) is 9.59 Å². The Morgan fingerprint density at radius 1 is 1.31 bits per heavy atom. The van der Waals surface area contributed by atoms with Gasteiger partial charge >= 0.3 is 11.9 Å². The first-order valence-corrected chi connectivity index (χ1v) is 3.51. The summed E-state index contributed by atoms with van der Waals surface area (Å²) < 4.78 is 0. The van der Waals surface area contributed by atoms with Gasteiger partial charge in [-0.15, -0.1) is 0 Å². The molecule has 0 aliphatic carbocycles. The Morgan fingerprint density at radius 3 is 2.31 bits per heavy atom. The van der Waals surface area contributed by atoms with E-state index in [2.05, 4.69) is 6.07 Å². The predicted octanol–water partition coefficient (Wildman–Crippen LogP) is 1.19. The number of carboxylic acid groups (broad SMARTS) is 2. The van der Waals surface area contributed by atoms with Crippen LogP contribution in [-0.4, -0.2) is 22.2 Å². The van der Waals surface area contributed by atoms with E-state index in [4.69, 9.17) is 10.2 Å². The van der Waals surface area contributed by atoms with E-state index < -0.39 is 11.9 Å². The minimum Gasteiger partial charge on any atom is -0.478 e. The Balaban J connectivity index is 3.20. The third-order valence-electron chi connectivity index (χ3n) is 1.60. The summed E-state index contributed by atoms with van der Waals surface area (Å²) in [5, 5.41) is 17.2. The van der Waals surface area contributed by atoms with Gasteiger partial charge in [0.05, 0.1) is 11.1 Å². The van der Waals surface area contributed by atoms with Crippen molar-refractivity contribution in [2.45, 2.75) is 6.92 Å². The number of benzene rings is 1. The lowest BCUT2D eigenvalue weighted by atomic mass is 10.1. The predicted molar refractivity (Wildman–Crippen MR) is 43.9 cm³/mol. The van der Waals surface area contributed by atoms with Crippen LogP contribution in [0.25, 0.3) is 0 Å². The largest absolute Gasteiger partial charge is 0.478 e. The van der Waals surface area contributed by atoms with Crippen LogP contribution in [0.15, 0.2) is 12.1 Å². The van der Waals surface area contributed by atoms with E-state index in [1.807, 2.05) is 0 Å². The van der Waals surface area contributed by atoms with Crippen molar-refractivity contribution in [3.63, 3.8) is 0 Å². The highest BCUT2D eigenvalue weighted by Crippen LogP contribution is 2.10. The van der Waals surface area contributed by atoms with E-state index in [0.29, 0.717) is 5.56 Å². The first kappa shape index (κ1) is 9.25. The molecule has 67 valence electrons. The summed E-state index contributed by atoms with van der Waals surface area (Å²) in [5.74, 6) is -2.19. The number of carbonyl (C=O) groups is 2. The molecule has 0 unspecified atom stereocenters. The quantitative estimate of drug-likeness (QED) is 0.715. The molecule has 0 aliphatic rings. The van der Waals surface area contributed by atoms with Crippen LogP contribution in [0.2, 0.25) is 0 Å². The van der Waals surface area contributed by atoms with E-state index in [-0.39, 0.29) is 11.1 Å². The van der Waals surface area contributed by atoms with Gasteiger partial charge < -0.3 is 10.2 Å². The van der Waals surface area contributed by atoms with Crippen LogP contribution >= 0.6 is 0 Å². The fourth-order valence-corrected chi connectivity index (χ4v) is 0.965. The molecule has 0 atom stereocenters. The molecular formula is C9H7O4. The molecule has 1 aromatic carbocycles. The van der Waals surface area contributed by atoms with Gasteiger partial charge in [0.1, 0.15) is 0 Å². The number of carboxylic acids is 2. The van der Waals surface area contributed by atoms with Gasteiger partial charge in [0.25, 0.3) is 0 Å². The highest BCUT2D eigenvalue weighted by Gasteiger charge is 2.10. The lowest BCUT2D eigenvalue weighted by Crippen LogP contribution is -2.03. The second kappa shape index (κ2) is 3.26. The molecule has 0 aromatic heterocycles. The molecule has 1 rings (SSSR count). The normalized spacial score (nSPS) is 9.62. The van der Waals surface area contributed by atoms with E-state index in [1.165, 1.54) is 13.0 Å². The van der Waals surface area contributed by atoms with Gasteiger partial charge in [-0.1, -0.05) is 0 Å². The van der Waals surface area contributed by atoms with E-state index in [0.717, 1.165) is 6.07 Å². The molecular weight excluding hydrogens is 172 g/mol. The van der Waals surface area contributed by atoms with E-state index in [1.54, 1.807) is 0 Å². The SMILES string of the molecule is Cc1cc(C(=O)O)c[c]c1C(=O)O. The Kier molecular flexibility index (Phi) is 2.32.